The van der Waals surface area contributed by atoms with Gasteiger partial charge in [0.15, 0.2) is 5.76 Å². The van der Waals surface area contributed by atoms with Crippen LogP contribution in [0.15, 0.2) is 76.3 Å². The normalized spacial score (nSPS) is 10.8. The number of fused-ring (bicyclic) bond motifs is 1. The Labute approximate surface area is 154 Å². The third-order valence-electron chi connectivity index (χ3n) is 4.10. The van der Waals surface area contributed by atoms with Crippen molar-refractivity contribution in [1.29, 1.82) is 0 Å². The van der Waals surface area contributed by atoms with E-state index in [-0.39, 0.29) is 23.8 Å². The van der Waals surface area contributed by atoms with Crippen molar-refractivity contribution in [3.05, 3.63) is 94.7 Å². The summed E-state index contributed by atoms with van der Waals surface area (Å²) in [6, 6.07) is 15.9. The molecule has 7 nitrogen and oxygen atoms in total. The maximum atomic E-state index is 12.5. The molecule has 0 saturated heterocycles. The van der Waals surface area contributed by atoms with Crippen molar-refractivity contribution >= 4 is 16.8 Å². The molecule has 3 aromatic heterocycles. The maximum absolute atomic E-state index is 12.5. The van der Waals surface area contributed by atoms with E-state index in [4.69, 9.17) is 4.42 Å². The van der Waals surface area contributed by atoms with Crippen LogP contribution in [0.1, 0.15) is 22.0 Å². The number of carbonyl (C=O) groups excluding carboxylic acids is 1. The van der Waals surface area contributed by atoms with Crippen molar-refractivity contribution in [1.82, 2.24) is 19.9 Å². The first kappa shape index (κ1) is 16.7. The molecular weight excluding hydrogens is 344 g/mol. The van der Waals surface area contributed by atoms with Gasteiger partial charge in [-0.05, 0) is 36.4 Å². The molecule has 134 valence electrons. The number of amides is 1. The van der Waals surface area contributed by atoms with E-state index in [1.165, 1.54) is 10.9 Å². The minimum absolute atomic E-state index is 0.154. The first-order valence-electron chi connectivity index (χ1n) is 8.42. The van der Waals surface area contributed by atoms with Crippen LogP contribution in [-0.2, 0) is 13.1 Å². The summed E-state index contributed by atoms with van der Waals surface area (Å²) < 4.78 is 7.04. The first-order valence-corrected chi connectivity index (χ1v) is 8.42. The van der Waals surface area contributed by atoms with Gasteiger partial charge in [-0.25, -0.2) is 4.98 Å². The van der Waals surface area contributed by atoms with Crippen molar-refractivity contribution in [2.75, 3.05) is 0 Å². The lowest BCUT2D eigenvalue weighted by Crippen LogP contribution is -2.23. The van der Waals surface area contributed by atoms with Gasteiger partial charge in [-0.15, -0.1) is 0 Å². The number of aromatic nitrogens is 3. The van der Waals surface area contributed by atoms with Crippen molar-refractivity contribution in [2.45, 2.75) is 13.1 Å². The van der Waals surface area contributed by atoms with Gasteiger partial charge in [0.25, 0.3) is 11.5 Å². The maximum Gasteiger partial charge on any atom is 0.287 e. The lowest BCUT2D eigenvalue weighted by molar-refractivity contribution is 0.0920. The minimum atomic E-state index is -0.337. The van der Waals surface area contributed by atoms with Crippen LogP contribution in [0, 0.1) is 0 Å². The zero-order valence-corrected chi connectivity index (χ0v) is 14.3. The van der Waals surface area contributed by atoms with Crippen LogP contribution < -0.4 is 10.9 Å². The first-order chi connectivity index (χ1) is 13.2. The molecule has 4 aromatic rings. The number of hydrogen-bond acceptors (Lipinski definition) is 5. The highest BCUT2D eigenvalue weighted by atomic mass is 16.4. The molecule has 4 rings (SSSR count). The number of benzene rings is 1. The molecule has 0 aliphatic rings. The van der Waals surface area contributed by atoms with E-state index < -0.39 is 0 Å². The number of para-hydroxylation sites is 1. The molecule has 0 aliphatic heterocycles. The smallest absolute Gasteiger partial charge is 0.287 e. The average Bonchev–Trinajstić information content (AvgIpc) is 3.18. The van der Waals surface area contributed by atoms with Crippen LogP contribution in [0.2, 0.25) is 0 Å². The summed E-state index contributed by atoms with van der Waals surface area (Å²) in [6.07, 6.45) is 3.15. The predicted molar refractivity (Wildman–Crippen MR) is 99.2 cm³/mol. The molecule has 1 N–H and O–H groups in total. The summed E-state index contributed by atoms with van der Waals surface area (Å²) in [6.45, 7) is 0.508. The zero-order valence-electron chi connectivity index (χ0n) is 14.3. The minimum Gasteiger partial charge on any atom is -0.454 e. The summed E-state index contributed by atoms with van der Waals surface area (Å²) in [5.41, 5.74) is 1.25. The Balaban J connectivity index is 1.47. The number of carbonyl (C=O) groups is 1. The highest BCUT2D eigenvalue weighted by Gasteiger charge is 2.12. The van der Waals surface area contributed by atoms with E-state index >= 15 is 0 Å². The van der Waals surface area contributed by atoms with Gasteiger partial charge < -0.3 is 9.73 Å². The Bertz CT molecular complexity index is 1150. The molecule has 0 fully saturated rings. The number of furan rings is 1. The Morgan fingerprint density at radius 1 is 1.04 bits per heavy atom. The highest BCUT2D eigenvalue weighted by Crippen LogP contribution is 2.11. The van der Waals surface area contributed by atoms with Gasteiger partial charge in [0, 0.05) is 6.20 Å². The third kappa shape index (κ3) is 3.62. The van der Waals surface area contributed by atoms with Crippen molar-refractivity contribution < 1.29 is 9.21 Å². The number of pyridine rings is 1. The fourth-order valence-electron chi connectivity index (χ4n) is 2.73. The number of rotatable bonds is 5. The second-order valence-electron chi connectivity index (χ2n) is 5.96. The van der Waals surface area contributed by atoms with Crippen LogP contribution in [0.5, 0.6) is 0 Å². The van der Waals surface area contributed by atoms with Crippen LogP contribution in [-0.4, -0.2) is 20.4 Å². The zero-order chi connectivity index (χ0) is 18.6. The summed E-state index contributed by atoms with van der Waals surface area (Å²) in [7, 11) is 0. The van der Waals surface area contributed by atoms with E-state index in [0.29, 0.717) is 23.2 Å². The van der Waals surface area contributed by atoms with Crippen LogP contribution in [0.4, 0.5) is 0 Å². The molecule has 0 aliphatic carbocycles. The monoisotopic (exact) mass is 360 g/mol. The van der Waals surface area contributed by atoms with Gasteiger partial charge in [0.2, 0.25) is 0 Å². The largest absolute Gasteiger partial charge is 0.454 e. The molecular formula is C20H16N4O3. The van der Waals surface area contributed by atoms with E-state index in [9.17, 15) is 9.59 Å². The highest BCUT2D eigenvalue weighted by molar-refractivity contribution is 5.91. The fraction of sp³-hybridized carbons (Fsp3) is 0.100. The van der Waals surface area contributed by atoms with E-state index in [2.05, 4.69) is 15.3 Å². The molecule has 0 bridgehead atoms. The van der Waals surface area contributed by atoms with E-state index in [1.807, 2.05) is 24.3 Å². The van der Waals surface area contributed by atoms with Gasteiger partial charge >= 0.3 is 0 Å². The Morgan fingerprint density at radius 2 is 1.89 bits per heavy atom. The summed E-state index contributed by atoms with van der Waals surface area (Å²) in [5, 5.41) is 3.29. The molecule has 0 atom stereocenters. The fourth-order valence-corrected chi connectivity index (χ4v) is 2.73. The molecule has 0 radical (unpaired) electrons. The Morgan fingerprint density at radius 3 is 2.74 bits per heavy atom. The lowest BCUT2D eigenvalue weighted by Gasteiger charge is -2.05. The predicted octanol–water partition coefficient (Wildman–Crippen LogP) is 2.36. The topological polar surface area (TPSA) is 90.0 Å². The molecule has 0 saturated carbocycles. The molecule has 0 unspecified atom stereocenters. The average molecular weight is 360 g/mol. The number of nitrogens with zero attached hydrogens (tertiary/aromatic N) is 3. The second-order valence-corrected chi connectivity index (χ2v) is 5.96. The Hall–Kier alpha value is -3.74. The molecule has 0 spiro atoms. The SMILES string of the molecule is O=C(NCc1ccccn1)c1ccc(Cn2cnc3ccccc3c2=O)o1. The van der Waals surface area contributed by atoms with Gasteiger partial charge in [0.05, 0.1) is 36.0 Å². The molecule has 3 heterocycles. The standard InChI is InChI=1S/C20H16N4O3/c25-19(22-11-14-5-3-4-10-21-14)18-9-8-15(27-18)12-24-13-23-17-7-2-1-6-16(17)20(24)26/h1-10,13H,11-12H2,(H,22,25). The summed E-state index contributed by atoms with van der Waals surface area (Å²) in [4.78, 5) is 33.2. The van der Waals surface area contributed by atoms with Gasteiger partial charge in [0.1, 0.15) is 5.76 Å². The number of hydrogen-bond donors (Lipinski definition) is 1. The third-order valence-corrected chi connectivity index (χ3v) is 4.10. The summed E-state index contributed by atoms with van der Waals surface area (Å²) >= 11 is 0. The van der Waals surface area contributed by atoms with Crippen LogP contribution in [0.3, 0.4) is 0 Å². The van der Waals surface area contributed by atoms with Crippen molar-refractivity contribution in [3.63, 3.8) is 0 Å². The van der Waals surface area contributed by atoms with E-state index in [0.717, 1.165) is 5.69 Å². The van der Waals surface area contributed by atoms with Crippen LogP contribution >= 0.6 is 0 Å². The summed E-state index contributed by atoms with van der Waals surface area (Å²) in [5.74, 6) is 0.343. The van der Waals surface area contributed by atoms with E-state index in [1.54, 1.807) is 36.5 Å². The van der Waals surface area contributed by atoms with Crippen LogP contribution in [0.25, 0.3) is 10.9 Å². The van der Waals surface area contributed by atoms with Crippen molar-refractivity contribution in [3.8, 4) is 0 Å². The van der Waals surface area contributed by atoms with Gasteiger partial charge in [-0.1, -0.05) is 18.2 Å². The lowest BCUT2D eigenvalue weighted by atomic mass is 10.2. The molecule has 7 heteroatoms. The Kier molecular flexibility index (Phi) is 4.49. The second kappa shape index (κ2) is 7.25. The quantitative estimate of drug-likeness (QED) is 0.590. The number of nitrogens with one attached hydrogen (secondary N) is 1. The van der Waals surface area contributed by atoms with Crippen molar-refractivity contribution in [2.24, 2.45) is 0 Å². The molecule has 27 heavy (non-hydrogen) atoms. The van der Waals surface area contributed by atoms with Gasteiger partial charge in [-0.2, -0.15) is 0 Å². The van der Waals surface area contributed by atoms with Gasteiger partial charge in [-0.3, -0.25) is 19.1 Å². The molecule has 1 aromatic carbocycles. The molecule has 1 amide bonds.